The van der Waals surface area contributed by atoms with Gasteiger partial charge in [-0.15, -0.1) is 0 Å². The fourth-order valence-corrected chi connectivity index (χ4v) is 3.27. The molecular weight excluding hydrogens is 366 g/mol. The first kappa shape index (κ1) is 20.0. The lowest BCUT2D eigenvalue weighted by atomic mass is 10.1. The van der Waals surface area contributed by atoms with Gasteiger partial charge in [-0.1, -0.05) is 24.8 Å². The number of ether oxygens (including phenoxy) is 2. The number of carbonyl (C=O) groups is 1. The average molecular weight is 389 g/mol. The number of nitrogens with one attached hydrogen (secondary N) is 1. The first-order valence-corrected chi connectivity index (χ1v) is 9.33. The van der Waals surface area contributed by atoms with Crippen molar-refractivity contribution in [3.8, 4) is 23.1 Å². The summed E-state index contributed by atoms with van der Waals surface area (Å²) in [6, 6.07) is 15.4. The Labute approximate surface area is 170 Å². The molecule has 0 saturated heterocycles. The van der Waals surface area contributed by atoms with Crippen LogP contribution in [0.5, 0.6) is 5.75 Å². The first-order chi connectivity index (χ1) is 14.0. The highest BCUT2D eigenvalue weighted by Gasteiger charge is 2.18. The maximum Gasteiger partial charge on any atom is 0.412 e. The zero-order valence-corrected chi connectivity index (χ0v) is 16.7. The van der Waals surface area contributed by atoms with Gasteiger partial charge in [0.1, 0.15) is 17.9 Å². The van der Waals surface area contributed by atoms with Crippen LogP contribution in [0.15, 0.2) is 55.1 Å². The van der Waals surface area contributed by atoms with Crippen LogP contribution >= 0.6 is 0 Å². The van der Waals surface area contributed by atoms with Crippen LogP contribution in [0, 0.1) is 11.3 Å². The molecule has 0 aliphatic rings. The number of nitrogens with zero attached hydrogens (tertiary/aromatic N) is 2. The number of aromatic nitrogens is 1. The zero-order valence-electron chi connectivity index (χ0n) is 16.7. The van der Waals surface area contributed by atoms with E-state index in [4.69, 9.17) is 9.47 Å². The third-order valence-corrected chi connectivity index (χ3v) is 4.73. The van der Waals surface area contributed by atoms with Gasteiger partial charge >= 0.3 is 6.09 Å². The van der Waals surface area contributed by atoms with E-state index < -0.39 is 6.09 Å². The molecule has 1 unspecified atom stereocenters. The third-order valence-electron chi connectivity index (χ3n) is 4.73. The summed E-state index contributed by atoms with van der Waals surface area (Å²) in [6.45, 7) is 8.06. The fraction of sp³-hybridized carbons (Fsp3) is 0.217. The molecule has 1 N–H and O–H groups in total. The Kier molecular flexibility index (Phi) is 5.89. The Bertz CT molecular complexity index is 1090. The molecule has 0 saturated carbocycles. The van der Waals surface area contributed by atoms with Crippen molar-refractivity contribution in [3.05, 3.63) is 60.7 Å². The lowest BCUT2D eigenvalue weighted by molar-refractivity contribution is 0.142. The number of anilines is 1. The van der Waals surface area contributed by atoms with Crippen molar-refractivity contribution in [2.45, 2.75) is 26.5 Å². The van der Waals surface area contributed by atoms with E-state index in [0.29, 0.717) is 17.8 Å². The SMILES string of the molecule is C=CC(C)OC(=O)Nc1ccc(-c2c(C#N)c3ccc(OC)cc3n2CC)cc1. The van der Waals surface area contributed by atoms with Crippen LogP contribution in [0.2, 0.25) is 0 Å². The molecule has 3 aromatic rings. The van der Waals surface area contributed by atoms with E-state index in [1.165, 1.54) is 0 Å². The van der Waals surface area contributed by atoms with Gasteiger partial charge in [-0.2, -0.15) is 5.26 Å². The molecule has 0 aliphatic heterocycles. The van der Waals surface area contributed by atoms with Gasteiger partial charge in [-0.3, -0.25) is 5.32 Å². The molecule has 0 aliphatic carbocycles. The Morgan fingerprint density at radius 1 is 1.31 bits per heavy atom. The van der Waals surface area contributed by atoms with Crippen molar-refractivity contribution in [1.82, 2.24) is 4.57 Å². The van der Waals surface area contributed by atoms with E-state index in [9.17, 15) is 10.1 Å². The Morgan fingerprint density at radius 3 is 2.62 bits per heavy atom. The number of benzene rings is 2. The number of fused-ring (bicyclic) bond motifs is 1. The van der Waals surface area contributed by atoms with E-state index in [-0.39, 0.29) is 6.10 Å². The van der Waals surface area contributed by atoms with Gasteiger partial charge in [0.25, 0.3) is 0 Å². The summed E-state index contributed by atoms with van der Waals surface area (Å²) in [5.41, 5.74) is 3.89. The van der Waals surface area contributed by atoms with E-state index >= 15 is 0 Å². The molecule has 0 radical (unpaired) electrons. The third kappa shape index (κ3) is 3.94. The average Bonchev–Trinajstić information content (AvgIpc) is 3.06. The molecule has 1 heterocycles. The number of aryl methyl sites for hydroxylation is 1. The van der Waals surface area contributed by atoms with Crippen LogP contribution in [0.3, 0.4) is 0 Å². The molecule has 0 spiro atoms. The smallest absolute Gasteiger partial charge is 0.412 e. The minimum atomic E-state index is -0.544. The summed E-state index contributed by atoms with van der Waals surface area (Å²) in [4.78, 5) is 11.9. The second-order valence-electron chi connectivity index (χ2n) is 6.51. The predicted octanol–water partition coefficient (Wildman–Crippen LogP) is 5.33. The summed E-state index contributed by atoms with van der Waals surface area (Å²) in [5, 5.41) is 13.4. The maximum absolute atomic E-state index is 11.9. The molecule has 1 amide bonds. The lowest BCUT2D eigenvalue weighted by Crippen LogP contribution is -2.18. The summed E-state index contributed by atoms with van der Waals surface area (Å²) in [5.74, 6) is 0.743. The summed E-state index contributed by atoms with van der Waals surface area (Å²) in [7, 11) is 1.62. The minimum Gasteiger partial charge on any atom is -0.497 e. The number of hydrogen-bond donors (Lipinski definition) is 1. The first-order valence-electron chi connectivity index (χ1n) is 9.33. The number of rotatable bonds is 6. The van der Waals surface area contributed by atoms with Crippen LogP contribution in [0.1, 0.15) is 19.4 Å². The van der Waals surface area contributed by atoms with Crippen LogP contribution in [0.4, 0.5) is 10.5 Å². The van der Waals surface area contributed by atoms with E-state index in [0.717, 1.165) is 27.9 Å². The molecule has 0 bridgehead atoms. The molecule has 1 atom stereocenters. The van der Waals surface area contributed by atoms with Crippen molar-refractivity contribution in [2.75, 3.05) is 12.4 Å². The van der Waals surface area contributed by atoms with Crippen LogP contribution < -0.4 is 10.1 Å². The number of nitriles is 1. The fourth-order valence-electron chi connectivity index (χ4n) is 3.27. The van der Waals surface area contributed by atoms with Crippen molar-refractivity contribution >= 4 is 22.7 Å². The van der Waals surface area contributed by atoms with Gasteiger partial charge < -0.3 is 14.0 Å². The van der Waals surface area contributed by atoms with Crippen molar-refractivity contribution in [3.63, 3.8) is 0 Å². The van der Waals surface area contributed by atoms with Gasteiger partial charge in [0.2, 0.25) is 0 Å². The monoisotopic (exact) mass is 389 g/mol. The van der Waals surface area contributed by atoms with Crippen LogP contribution in [-0.2, 0) is 11.3 Å². The molecule has 6 nitrogen and oxygen atoms in total. The molecule has 6 heteroatoms. The molecule has 29 heavy (non-hydrogen) atoms. The lowest BCUT2D eigenvalue weighted by Gasteiger charge is -2.12. The van der Waals surface area contributed by atoms with Crippen molar-refractivity contribution in [2.24, 2.45) is 0 Å². The topological polar surface area (TPSA) is 76.3 Å². The van der Waals surface area contributed by atoms with Crippen molar-refractivity contribution < 1.29 is 14.3 Å². The van der Waals surface area contributed by atoms with E-state index in [1.54, 1.807) is 32.2 Å². The second-order valence-corrected chi connectivity index (χ2v) is 6.51. The Morgan fingerprint density at radius 2 is 2.03 bits per heavy atom. The second kappa shape index (κ2) is 8.53. The highest BCUT2D eigenvalue weighted by atomic mass is 16.6. The van der Waals surface area contributed by atoms with Gasteiger partial charge in [-0.05, 0) is 43.7 Å². The highest BCUT2D eigenvalue weighted by molar-refractivity contribution is 5.95. The van der Waals surface area contributed by atoms with Crippen molar-refractivity contribution in [1.29, 1.82) is 5.26 Å². The van der Waals surface area contributed by atoms with Gasteiger partial charge in [0.05, 0.1) is 23.9 Å². The molecule has 148 valence electrons. The summed E-state index contributed by atoms with van der Waals surface area (Å²) >= 11 is 0. The maximum atomic E-state index is 11.9. The largest absolute Gasteiger partial charge is 0.497 e. The molecule has 2 aromatic carbocycles. The molecule has 3 rings (SSSR count). The highest BCUT2D eigenvalue weighted by Crippen LogP contribution is 2.35. The molecule has 1 aromatic heterocycles. The molecule has 0 fully saturated rings. The number of amides is 1. The quantitative estimate of drug-likeness (QED) is 0.578. The number of hydrogen-bond acceptors (Lipinski definition) is 4. The standard InChI is InChI=1S/C23H23N3O3/c1-5-15(3)29-23(27)25-17-9-7-16(8-10-17)22-20(14-24)19-12-11-18(28-4)13-21(19)26(22)6-2/h5,7-13,15H,1,6H2,2-4H3,(H,25,27). The molecular formula is C23H23N3O3. The summed E-state index contributed by atoms with van der Waals surface area (Å²) in [6.07, 6.45) is 0.632. The van der Waals surface area contributed by atoms with Gasteiger partial charge in [0, 0.05) is 23.7 Å². The zero-order chi connectivity index (χ0) is 21.0. The van der Waals surface area contributed by atoms with Crippen LogP contribution in [-0.4, -0.2) is 23.9 Å². The van der Waals surface area contributed by atoms with Gasteiger partial charge in [-0.25, -0.2) is 4.79 Å². The van der Waals surface area contributed by atoms with E-state index in [2.05, 4.69) is 22.5 Å². The van der Waals surface area contributed by atoms with Gasteiger partial charge in [0.15, 0.2) is 0 Å². The normalized spacial score (nSPS) is 11.5. The predicted molar refractivity (Wildman–Crippen MR) is 114 cm³/mol. The van der Waals surface area contributed by atoms with E-state index in [1.807, 2.05) is 37.3 Å². The number of carbonyl (C=O) groups excluding carboxylic acids is 1. The number of methoxy groups -OCH3 is 1. The van der Waals surface area contributed by atoms with Crippen LogP contribution in [0.25, 0.3) is 22.2 Å². The summed E-state index contributed by atoms with van der Waals surface area (Å²) < 4.78 is 12.6. The Hall–Kier alpha value is -3.72. The Balaban J connectivity index is 1.99. The minimum absolute atomic E-state index is 0.371.